The van der Waals surface area contributed by atoms with Gasteiger partial charge >= 0.3 is 0 Å². The van der Waals surface area contributed by atoms with Crippen LogP contribution in [0.5, 0.6) is 0 Å². The van der Waals surface area contributed by atoms with Gasteiger partial charge in [0.2, 0.25) is 11.8 Å². The first-order chi connectivity index (χ1) is 21.9. The number of hydrogen-bond donors (Lipinski definition) is 4. The summed E-state index contributed by atoms with van der Waals surface area (Å²) in [6.07, 6.45) is 3.05. The van der Waals surface area contributed by atoms with E-state index in [1.807, 2.05) is 48.5 Å². The maximum absolute atomic E-state index is 12.6. The van der Waals surface area contributed by atoms with Gasteiger partial charge in [-0.05, 0) is 61.2 Å². The van der Waals surface area contributed by atoms with Crippen molar-refractivity contribution in [2.24, 2.45) is 0 Å². The number of carbonyl (C=O) groups excluding carboxylic acids is 2. The summed E-state index contributed by atoms with van der Waals surface area (Å²) in [7, 11) is 1.75. The number of para-hydroxylation sites is 2. The summed E-state index contributed by atoms with van der Waals surface area (Å²) in [5.41, 5.74) is 10.4. The quantitative estimate of drug-likeness (QED) is 0.193. The molecule has 2 aliphatic rings. The van der Waals surface area contributed by atoms with Crippen molar-refractivity contribution in [3.63, 3.8) is 0 Å². The van der Waals surface area contributed by atoms with Crippen molar-refractivity contribution in [2.45, 2.75) is 69.7 Å². The van der Waals surface area contributed by atoms with Crippen molar-refractivity contribution in [1.82, 2.24) is 4.90 Å². The Kier molecular flexibility index (Phi) is 11.6. The number of anilines is 3. The number of ether oxygens (including phenoxy) is 3. The van der Waals surface area contributed by atoms with Gasteiger partial charge in [0.15, 0.2) is 6.29 Å². The maximum atomic E-state index is 12.6. The number of likely N-dealkylation sites (tertiary alicyclic amines) is 1. The Balaban J connectivity index is 1.17. The van der Waals surface area contributed by atoms with Gasteiger partial charge in [-0.15, -0.1) is 0 Å². The zero-order valence-corrected chi connectivity index (χ0v) is 25.8. The van der Waals surface area contributed by atoms with Gasteiger partial charge in [-0.3, -0.25) is 14.5 Å². The molecule has 5 N–H and O–H groups in total. The van der Waals surface area contributed by atoms with Crippen LogP contribution in [0.2, 0.25) is 0 Å². The maximum Gasteiger partial charge on any atom is 0.224 e. The number of hydrogen-bond acceptors (Lipinski definition) is 8. The first-order valence-electron chi connectivity index (χ1n) is 15.7. The fraction of sp³-hybridized carbons (Fsp3) is 0.429. The Hall–Kier alpha value is -3.80. The minimum Gasteiger partial charge on any atom is -0.397 e. The Bertz CT molecular complexity index is 1400. The lowest BCUT2D eigenvalue weighted by Gasteiger charge is -2.38. The van der Waals surface area contributed by atoms with Gasteiger partial charge in [-0.25, -0.2) is 0 Å². The molecule has 0 aromatic heterocycles. The molecule has 2 aliphatic heterocycles. The molecule has 3 aromatic rings. The minimum absolute atomic E-state index is 0.00194. The van der Waals surface area contributed by atoms with E-state index in [1.54, 1.807) is 31.4 Å². The van der Waals surface area contributed by atoms with Crippen LogP contribution >= 0.6 is 0 Å². The van der Waals surface area contributed by atoms with Crippen LogP contribution in [0.15, 0.2) is 72.8 Å². The van der Waals surface area contributed by atoms with Crippen molar-refractivity contribution in [3.8, 4) is 0 Å². The first-order valence-corrected chi connectivity index (χ1v) is 15.7. The average Bonchev–Trinajstić information content (AvgIpc) is 3.48. The van der Waals surface area contributed by atoms with Crippen molar-refractivity contribution in [3.05, 3.63) is 89.5 Å². The number of nitrogens with one attached hydrogen (secondary N) is 2. The van der Waals surface area contributed by atoms with Gasteiger partial charge in [0, 0.05) is 50.2 Å². The molecule has 0 radical (unpaired) electrons. The molecular formula is C35H44N4O6. The standard InChI is InChI=1S/C35H44N4O6/c1-43-23-28-6-5-19-39(28)21-29-20-32(25-13-11-24(22-40)12-14-25)45-35(44-29)26-15-17-27(18-16-26)37-33(41)9-4-10-34(42)38-31-8-3-2-7-30(31)36/h2-3,7-8,11-18,28-29,32,35,40H,4-6,9-10,19-23,36H2,1H3,(H,37,41)(H,38,42)/t28-,29-,32+,35+/m0/s1. The molecule has 5 rings (SSSR count). The second-order valence-corrected chi connectivity index (χ2v) is 11.8. The van der Waals surface area contributed by atoms with E-state index in [0.717, 1.165) is 49.0 Å². The Morgan fingerprint density at radius 2 is 1.67 bits per heavy atom. The summed E-state index contributed by atoms with van der Waals surface area (Å²) in [4.78, 5) is 27.3. The van der Waals surface area contributed by atoms with Crippen LogP contribution in [0.25, 0.3) is 0 Å². The summed E-state index contributed by atoms with van der Waals surface area (Å²) in [6, 6.07) is 22.9. The lowest BCUT2D eigenvalue weighted by molar-refractivity contribution is -0.253. The molecular weight excluding hydrogens is 572 g/mol. The van der Waals surface area contributed by atoms with Crippen LogP contribution in [0.4, 0.5) is 17.1 Å². The largest absolute Gasteiger partial charge is 0.397 e. The summed E-state index contributed by atoms with van der Waals surface area (Å²) in [5.74, 6) is -0.347. The topological polar surface area (TPSA) is 135 Å². The summed E-state index contributed by atoms with van der Waals surface area (Å²) >= 11 is 0. The van der Waals surface area contributed by atoms with E-state index in [9.17, 15) is 14.7 Å². The van der Waals surface area contributed by atoms with Crippen LogP contribution in [-0.2, 0) is 30.4 Å². The Morgan fingerprint density at radius 3 is 2.38 bits per heavy atom. The molecule has 2 saturated heterocycles. The van der Waals surface area contributed by atoms with Crippen LogP contribution in [0, 0.1) is 0 Å². The van der Waals surface area contributed by atoms with E-state index in [-0.39, 0.29) is 43.5 Å². The third kappa shape index (κ3) is 9.12. The number of nitrogen functional groups attached to an aromatic ring is 1. The molecule has 2 heterocycles. The molecule has 0 saturated carbocycles. The number of aliphatic hydroxyl groups excluding tert-OH is 1. The third-order valence-corrected chi connectivity index (χ3v) is 8.42. The second kappa shape index (κ2) is 16.0. The SMILES string of the molecule is COC[C@@H]1CCCN1C[C@@H]1C[C@H](c2ccc(CO)cc2)O[C@H](c2ccc(NC(=O)CCCC(=O)Nc3ccccc3N)cc2)O1. The first kappa shape index (κ1) is 32.6. The zero-order chi connectivity index (χ0) is 31.6. The van der Waals surface area contributed by atoms with Gasteiger partial charge in [0.05, 0.1) is 36.8 Å². The van der Waals surface area contributed by atoms with Crippen molar-refractivity contribution >= 4 is 28.9 Å². The van der Waals surface area contributed by atoms with Gasteiger partial charge in [0.1, 0.15) is 0 Å². The smallest absolute Gasteiger partial charge is 0.224 e. The molecule has 0 aliphatic carbocycles. The van der Waals surface area contributed by atoms with Gasteiger partial charge in [-0.1, -0.05) is 48.5 Å². The third-order valence-electron chi connectivity index (χ3n) is 8.42. The fourth-order valence-electron chi connectivity index (χ4n) is 5.99. The molecule has 4 atom stereocenters. The zero-order valence-electron chi connectivity index (χ0n) is 25.8. The number of nitrogens with zero attached hydrogens (tertiary/aromatic N) is 1. The summed E-state index contributed by atoms with van der Waals surface area (Å²) in [5, 5.41) is 15.2. The van der Waals surface area contributed by atoms with E-state index in [2.05, 4.69) is 15.5 Å². The van der Waals surface area contributed by atoms with Crippen LogP contribution < -0.4 is 16.4 Å². The monoisotopic (exact) mass is 616 g/mol. The van der Waals surface area contributed by atoms with Crippen molar-refractivity contribution in [2.75, 3.05) is 43.2 Å². The molecule has 10 nitrogen and oxygen atoms in total. The van der Waals surface area contributed by atoms with Crippen molar-refractivity contribution in [1.29, 1.82) is 0 Å². The number of amides is 2. The normalized spacial score (nSPS) is 21.8. The van der Waals surface area contributed by atoms with E-state index in [4.69, 9.17) is 19.9 Å². The lowest BCUT2D eigenvalue weighted by atomic mass is 9.99. The number of methoxy groups -OCH3 is 1. The minimum atomic E-state index is -0.573. The molecule has 3 aromatic carbocycles. The predicted octanol–water partition coefficient (Wildman–Crippen LogP) is 5.16. The Morgan fingerprint density at radius 1 is 0.956 bits per heavy atom. The molecule has 240 valence electrons. The van der Waals surface area contributed by atoms with E-state index < -0.39 is 6.29 Å². The summed E-state index contributed by atoms with van der Waals surface area (Å²) in [6.45, 7) is 2.53. The van der Waals surface area contributed by atoms with Gasteiger partial charge in [-0.2, -0.15) is 0 Å². The molecule has 0 spiro atoms. The van der Waals surface area contributed by atoms with E-state index in [1.165, 1.54) is 0 Å². The number of nitrogens with two attached hydrogens (primary N) is 1. The fourth-order valence-corrected chi connectivity index (χ4v) is 5.99. The molecule has 10 heteroatoms. The molecule has 45 heavy (non-hydrogen) atoms. The number of carbonyl (C=O) groups is 2. The summed E-state index contributed by atoms with van der Waals surface area (Å²) < 4.78 is 18.5. The van der Waals surface area contributed by atoms with Crippen LogP contribution in [0.1, 0.15) is 67.6 Å². The predicted molar refractivity (Wildman–Crippen MR) is 173 cm³/mol. The molecule has 2 amide bonds. The number of aliphatic hydroxyl groups is 1. The van der Waals surface area contributed by atoms with Crippen LogP contribution in [0.3, 0.4) is 0 Å². The molecule has 2 fully saturated rings. The van der Waals surface area contributed by atoms with Crippen molar-refractivity contribution < 1.29 is 28.9 Å². The van der Waals surface area contributed by atoms with E-state index >= 15 is 0 Å². The number of benzene rings is 3. The number of rotatable bonds is 13. The lowest BCUT2D eigenvalue weighted by Crippen LogP contribution is -2.42. The van der Waals surface area contributed by atoms with Crippen LogP contribution in [-0.4, -0.2) is 60.8 Å². The second-order valence-electron chi connectivity index (χ2n) is 11.8. The highest BCUT2D eigenvalue weighted by molar-refractivity contribution is 5.94. The highest BCUT2D eigenvalue weighted by Crippen LogP contribution is 2.39. The highest BCUT2D eigenvalue weighted by atomic mass is 16.7. The average molecular weight is 617 g/mol. The van der Waals surface area contributed by atoms with E-state index in [0.29, 0.717) is 36.1 Å². The Labute approximate surface area is 264 Å². The molecule has 0 unspecified atom stereocenters. The molecule has 0 bridgehead atoms. The highest BCUT2D eigenvalue weighted by Gasteiger charge is 2.35. The van der Waals surface area contributed by atoms with Gasteiger partial charge in [0.25, 0.3) is 0 Å². The van der Waals surface area contributed by atoms with Gasteiger partial charge < -0.3 is 35.7 Å².